The van der Waals surface area contributed by atoms with Crippen molar-refractivity contribution in [1.82, 2.24) is 20.0 Å². The summed E-state index contributed by atoms with van der Waals surface area (Å²) >= 11 is 0. The summed E-state index contributed by atoms with van der Waals surface area (Å²) in [6.07, 6.45) is 0. The van der Waals surface area contributed by atoms with Crippen LogP contribution in [0.25, 0.3) is 16.6 Å². The standard InChI is InChI=1S/C12H8N4O4/c17-12(18)7-3-6-4-9-10(20-2-1-19-9)5-8(6)16-11(7)13-14-15-16/h3-5H,1-2H2,(H,17,18). The zero-order valence-electron chi connectivity index (χ0n) is 10.1. The quantitative estimate of drug-likeness (QED) is 0.697. The lowest BCUT2D eigenvalue weighted by atomic mass is 10.1. The van der Waals surface area contributed by atoms with E-state index in [-0.39, 0.29) is 11.2 Å². The van der Waals surface area contributed by atoms with E-state index >= 15 is 0 Å². The summed E-state index contributed by atoms with van der Waals surface area (Å²) < 4.78 is 12.4. The summed E-state index contributed by atoms with van der Waals surface area (Å²) in [5, 5.41) is 21.0. The number of hydrogen-bond acceptors (Lipinski definition) is 6. The van der Waals surface area contributed by atoms with E-state index in [1.165, 1.54) is 10.6 Å². The Morgan fingerprint density at radius 3 is 2.70 bits per heavy atom. The minimum atomic E-state index is -1.08. The van der Waals surface area contributed by atoms with E-state index in [2.05, 4.69) is 15.5 Å². The number of carbonyl (C=O) groups is 1. The predicted octanol–water partition coefficient (Wildman–Crippen LogP) is 0.747. The third-order valence-corrected chi connectivity index (χ3v) is 3.16. The summed E-state index contributed by atoms with van der Waals surface area (Å²) in [7, 11) is 0. The van der Waals surface area contributed by atoms with Crippen LogP contribution in [0.4, 0.5) is 0 Å². The Morgan fingerprint density at radius 1 is 1.20 bits per heavy atom. The third kappa shape index (κ3) is 1.41. The lowest BCUT2D eigenvalue weighted by Crippen LogP contribution is -2.15. The molecule has 0 fully saturated rings. The molecule has 0 amide bonds. The van der Waals surface area contributed by atoms with Gasteiger partial charge in [0.2, 0.25) is 0 Å². The molecule has 1 aliphatic heterocycles. The van der Waals surface area contributed by atoms with E-state index in [0.717, 1.165) is 0 Å². The molecule has 0 atom stereocenters. The van der Waals surface area contributed by atoms with Gasteiger partial charge in [-0.15, -0.1) is 5.10 Å². The van der Waals surface area contributed by atoms with Gasteiger partial charge in [-0.2, -0.15) is 4.52 Å². The van der Waals surface area contributed by atoms with Gasteiger partial charge in [0.15, 0.2) is 17.1 Å². The first kappa shape index (κ1) is 11.0. The Labute approximate surface area is 111 Å². The lowest BCUT2D eigenvalue weighted by molar-refractivity contribution is 0.0698. The SMILES string of the molecule is O=C(O)c1cc2cc3c(cc2n2nnnc12)OCCO3. The van der Waals surface area contributed by atoms with Gasteiger partial charge in [0.25, 0.3) is 0 Å². The van der Waals surface area contributed by atoms with Gasteiger partial charge in [-0.1, -0.05) is 0 Å². The van der Waals surface area contributed by atoms with E-state index in [4.69, 9.17) is 9.47 Å². The summed E-state index contributed by atoms with van der Waals surface area (Å²) in [6.45, 7) is 0.946. The second kappa shape index (κ2) is 3.80. The fourth-order valence-corrected chi connectivity index (χ4v) is 2.29. The van der Waals surface area contributed by atoms with Crippen LogP contribution in [-0.2, 0) is 0 Å². The highest BCUT2D eigenvalue weighted by molar-refractivity contribution is 5.99. The van der Waals surface area contributed by atoms with Gasteiger partial charge in [-0.3, -0.25) is 0 Å². The van der Waals surface area contributed by atoms with E-state index in [9.17, 15) is 9.90 Å². The highest BCUT2D eigenvalue weighted by Crippen LogP contribution is 2.35. The van der Waals surface area contributed by atoms with E-state index in [0.29, 0.717) is 35.6 Å². The molecule has 3 heterocycles. The van der Waals surface area contributed by atoms with Crippen LogP contribution < -0.4 is 9.47 Å². The van der Waals surface area contributed by atoms with E-state index in [1.54, 1.807) is 12.1 Å². The average molecular weight is 272 g/mol. The largest absolute Gasteiger partial charge is 0.486 e. The smallest absolute Gasteiger partial charge is 0.339 e. The number of aromatic nitrogens is 4. The fraction of sp³-hybridized carbons (Fsp3) is 0.167. The molecule has 0 aliphatic carbocycles. The number of carboxylic acid groups (broad SMARTS) is 1. The topological polar surface area (TPSA) is 98.8 Å². The Kier molecular flexibility index (Phi) is 2.08. The van der Waals surface area contributed by atoms with Crippen LogP contribution >= 0.6 is 0 Å². The number of benzene rings is 1. The number of nitrogens with zero attached hydrogens (tertiary/aromatic N) is 4. The van der Waals surface area contributed by atoms with Crippen molar-refractivity contribution in [3.05, 3.63) is 23.8 Å². The summed E-state index contributed by atoms with van der Waals surface area (Å²) in [5.41, 5.74) is 0.903. The molecule has 8 heteroatoms. The molecule has 100 valence electrons. The molecule has 0 bridgehead atoms. The number of carboxylic acids is 1. The molecule has 4 rings (SSSR count). The monoisotopic (exact) mass is 272 g/mol. The van der Waals surface area contributed by atoms with Crippen molar-refractivity contribution < 1.29 is 19.4 Å². The number of hydrogen-bond donors (Lipinski definition) is 1. The first-order valence-corrected chi connectivity index (χ1v) is 5.92. The van der Waals surface area contributed by atoms with Crippen LogP contribution in [0.3, 0.4) is 0 Å². The second-order valence-corrected chi connectivity index (χ2v) is 4.33. The van der Waals surface area contributed by atoms with E-state index in [1.807, 2.05) is 0 Å². The Balaban J connectivity index is 2.13. The second-order valence-electron chi connectivity index (χ2n) is 4.33. The molecule has 0 saturated heterocycles. The average Bonchev–Trinajstić information content (AvgIpc) is 2.93. The minimum absolute atomic E-state index is 0.0409. The first-order valence-electron chi connectivity index (χ1n) is 5.92. The van der Waals surface area contributed by atoms with Crippen molar-refractivity contribution >= 4 is 22.5 Å². The highest BCUT2D eigenvalue weighted by atomic mass is 16.6. The molecule has 0 spiro atoms. The zero-order chi connectivity index (χ0) is 13.7. The molecular weight excluding hydrogens is 264 g/mol. The van der Waals surface area contributed by atoms with Crippen molar-refractivity contribution in [1.29, 1.82) is 0 Å². The predicted molar refractivity (Wildman–Crippen MR) is 66.2 cm³/mol. The normalized spacial score (nSPS) is 13.8. The molecule has 8 nitrogen and oxygen atoms in total. The molecule has 1 aliphatic rings. The third-order valence-electron chi connectivity index (χ3n) is 3.16. The van der Waals surface area contributed by atoms with Gasteiger partial charge in [0, 0.05) is 11.5 Å². The summed E-state index contributed by atoms with van der Waals surface area (Å²) in [6, 6.07) is 5.01. The highest BCUT2D eigenvalue weighted by Gasteiger charge is 2.19. The minimum Gasteiger partial charge on any atom is -0.486 e. The number of pyridine rings is 1. The maximum absolute atomic E-state index is 11.3. The van der Waals surface area contributed by atoms with Crippen molar-refractivity contribution in [3.63, 3.8) is 0 Å². The van der Waals surface area contributed by atoms with Gasteiger partial charge >= 0.3 is 5.97 Å². The van der Waals surface area contributed by atoms with Crippen LogP contribution in [0, 0.1) is 0 Å². The molecule has 1 aromatic carbocycles. The number of aromatic carboxylic acids is 1. The van der Waals surface area contributed by atoms with Crippen molar-refractivity contribution in [2.75, 3.05) is 13.2 Å². The van der Waals surface area contributed by atoms with Crippen molar-refractivity contribution in [2.24, 2.45) is 0 Å². The van der Waals surface area contributed by atoms with Gasteiger partial charge in [0.05, 0.1) is 5.52 Å². The van der Waals surface area contributed by atoms with E-state index < -0.39 is 5.97 Å². The molecule has 2 aromatic heterocycles. The number of rotatable bonds is 1. The Bertz CT molecular complexity index is 857. The molecule has 0 radical (unpaired) electrons. The van der Waals surface area contributed by atoms with Crippen LogP contribution in [0.15, 0.2) is 18.2 Å². The van der Waals surface area contributed by atoms with Gasteiger partial charge < -0.3 is 14.6 Å². The number of tetrazole rings is 1. The van der Waals surface area contributed by atoms with Crippen LogP contribution in [0.1, 0.15) is 10.4 Å². The van der Waals surface area contributed by atoms with Crippen LogP contribution in [0.5, 0.6) is 11.5 Å². The molecular formula is C12H8N4O4. The Hall–Kier alpha value is -2.90. The molecule has 0 saturated carbocycles. The molecule has 3 aromatic rings. The van der Waals surface area contributed by atoms with Crippen LogP contribution in [-0.4, -0.2) is 44.3 Å². The maximum Gasteiger partial charge on any atom is 0.339 e. The summed E-state index contributed by atoms with van der Waals surface area (Å²) in [4.78, 5) is 11.3. The zero-order valence-corrected chi connectivity index (χ0v) is 10.1. The number of ether oxygens (including phenoxy) is 2. The van der Waals surface area contributed by atoms with Gasteiger partial charge in [-0.05, 0) is 22.6 Å². The van der Waals surface area contributed by atoms with Crippen molar-refractivity contribution in [2.45, 2.75) is 0 Å². The van der Waals surface area contributed by atoms with Crippen LogP contribution in [0.2, 0.25) is 0 Å². The lowest BCUT2D eigenvalue weighted by Gasteiger charge is -2.19. The first-order chi connectivity index (χ1) is 9.74. The molecule has 20 heavy (non-hydrogen) atoms. The molecule has 0 unspecified atom stereocenters. The van der Waals surface area contributed by atoms with Gasteiger partial charge in [-0.25, -0.2) is 4.79 Å². The summed E-state index contributed by atoms with van der Waals surface area (Å²) in [5.74, 6) is 0.109. The van der Waals surface area contributed by atoms with Gasteiger partial charge in [0.1, 0.15) is 18.8 Å². The molecule has 1 N–H and O–H groups in total. The Morgan fingerprint density at radius 2 is 1.95 bits per heavy atom. The maximum atomic E-state index is 11.3. The number of fused-ring (bicyclic) bond motifs is 4. The fourth-order valence-electron chi connectivity index (χ4n) is 2.29. The van der Waals surface area contributed by atoms with Crippen molar-refractivity contribution in [3.8, 4) is 11.5 Å².